The molecule has 0 aliphatic carbocycles. The van der Waals surface area contributed by atoms with Gasteiger partial charge in [0.2, 0.25) is 0 Å². The van der Waals surface area contributed by atoms with Crippen molar-refractivity contribution in [2.45, 2.75) is 52.6 Å². The first-order chi connectivity index (χ1) is 17.0. The van der Waals surface area contributed by atoms with Gasteiger partial charge in [0.15, 0.2) is 0 Å². The molecule has 2 rings (SSSR count). The zero-order valence-electron chi connectivity index (χ0n) is 21.7. The molecule has 0 aliphatic heterocycles. The van der Waals surface area contributed by atoms with Crippen LogP contribution in [-0.4, -0.2) is 45.5 Å². The standard InChI is InChI=1S/C26H36F3N5OS/c1-7-9-10-21(17-30-36(6)35)34(5)16-15-23-22(8-2)25(33-24(32-23)18(3)4)31-20-13-11-19(12-14-20)26(27,28)29/h7,9-14,18,30H,8,15-17H2,1-6H3,(H,31,32,33)/b9-7-,21-10+. The van der Waals surface area contributed by atoms with E-state index in [0.29, 0.717) is 43.3 Å². The highest BCUT2D eigenvalue weighted by Gasteiger charge is 2.30. The molecular formula is C26H36F3N5OS. The minimum absolute atomic E-state index is 0.0782. The number of anilines is 2. The van der Waals surface area contributed by atoms with Crippen molar-refractivity contribution < 1.29 is 17.4 Å². The predicted molar refractivity (Wildman–Crippen MR) is 142 cm³/mol. The van der Waals surface area contributed by atoms with E-state index < -0.39 is 22.7 Å². The van der Waals surface area contributed by atoms with Crippen LogP contribution in [0, 0.1) is 0 Å². The first-order valence-electron chi connectivity index (χ1n) is 11.9. The van der Waals surface area contributed by atoms with Crippen molar-refractivity contribution in [1.29, 1.82) is 0 Å². The molecule has 198 valence electrons. The number of hydrogen-bond acceptors (Lipinski definition) is 5. The van der Waals surface area contributed by atoms with E-state index in [1.165, 1.54) is 12.1 Å². The first-order valence-corrected chi connectivity index (χ1v) is 13.5. The van der Waals surface area contributed by atoms with Crippen LogP contribution in [0.4, 0.5) is 24.7 Å². The highest BCUT2D eigenvalue weighted by atomic mass is 32.2. The van der Waals surface area contributed by atoms with E-state index in [-0.39, 0.29) is 5.92 Å². The number of allylic oxidation sites excluding steroid dienone is 3. The smallest absolute Gasteiger partial charge is 0.376 e. The minimum Gasteiger partial charge on any atom is -0.376 e. The molecule has 1 heterocycles. The van der Waals surface area contributed by atoms with Crippen molar-refractivity contribution in [3.63, 3.8) is 0 Å². The second kappa shape index (κ2) is 13.5. The maximum Gasteiger partial charge on any atom is 0.416 e. The van der Waals surface area contributed by atoms with Crippen molar-refractivity contribution in [3.8, 4) is 0 Å². The molecule has 1 unspecified atom stereocenters. The Morgan fingerprint density at radius 3 is 2.39 bits per heavy atom. The molecule has 36 heavy (non-hydrogen) atoms. The lowest BCUT2D eigenvalue weighted by atomic mass is 10.1. The summed E-state index contributed by atoms with van der Waals surface area (Å²) in [6.45, 7) is 9.10. The summed E-state index contributed by atoms with van der Waals surface area (Å²) >= 11 is 0. The summed E-state index contributed by atoms with van der Waals surface area (Å²) < 4.78 is 53.3. The molecule has 0 aliphatic rings. The Kier molecular flexibility index (Phi) is 11.1. The SMILES string of the molecule is C/C=C\C=C(/CNS(C)=O)N(C)CCc1nc(C(C)C)nc(Nc2ccc(C(F)(F)F)cc2)c1CC. The van der Waals surface area contributed by atoms with Gasteiger partial charge in [0.05, 0.1) is 22.2 Å². The van der Waals surface area contributed by atoms with Gasteiger partial charge in [-0.05, 0) is 43.7 Å². The monoisotopic (exact) mass is 523 g/mol. The third kappa shape index (κ3) is 8.74. The summed E-state index contributed by atoms with van der Waals surface area (Å²) in [6.07, 6.45) is 4.39. The third-order valence-corrected chi connectivity index (χ3v) is 6.12. The van der Waals surface area contributed by atoms with Crippen molar-refractivity contribution in [2.24, 2.45) is 0 Å². The summed E-state index contributed by atoms with van der Waals surface area (Å²) in [4.78, 5) is 11.6. The van der Waals surface area contributed by atoms with Gasteiger partial charge in [-0.15, -0.1) is 0 Å². The first kappa shape index (κ1) is 29.5. The van der Waals surface area contributed by atoms with E-state index in [0.717, 1.165) is 29.1 Å². The molecule has 0 saturated heterocycles. The molecule has 0 amide bonds. The molecule has 1 aromatic heterocycles. The van der Waals surface area contributed by atoms with E-state index in [1.807, 2.05) is 53.0 Å². The van der Waals surface area contributed by atoms with Gasteiger partial charge in [-0.25, -0.2) is 18.9 Å². The summed E-state index contributed by atoms with van der Waals surface area (Å²) in [5.41, 5.74) is 2.66. The zero-order valence-corrected chi connectivity index (χ0v) is 22.6. The molecule has 0 radical (unpaired) electrons. The normalized spacial score (nSPS) is 13.4. The molecule has 1 aromatic carbocycles. The Morgan fingerprint density at radius 2 is 1.86 bits per heavy atom. The van der Waals surface area contributed by atoms with Crippen molar-refractivity contribution in [2.75, 3.05) is 31.7 Å². The number of halogens is 3. The van der Waals surface area contributed by atoms with Crippen molar-refractivity contribution in [1.82, 2.24) is 19.6 Å². The van der Waals surface area contributed by atoms with Crippen LogP contribution in [0.25, 0.3) is 0 Å². The number of alkyl halides is 3. The molecule has 2 N–H and O–H groups in total. The molecule has 2 aromatic rings. The maximum absolute atomic E-state index is 13.0. The zero-order chi connectivity index (χ0) is 26.9. The van der Waals surface area contributed by atoms with Crippen molar-refractivity contribution in [3.05, 3.63) is 70.8 Å². The van der Waals surface area contributed by atoms with Crippen LogP contribution < -0.4 is 10.0 Å². The highest BCUT2D eigenvalue weighted by Crippen LogP contribution is 2.31. The highest BCUT2D eigenvalue weighted by molar-refractivity contribution is 7.82. The number of benzene rings is 1. The van der Waals surface area contributed by atoms with Gasteiger partial charge in [-0.3, -0.25) is 0 Å². The minimum atomic E-state index is -4.38. The van der Waals surface area contributed by atoms with Gasteiger partial charge in [0.1, 0.15) is 11.6 Å². The Balaban J connectivity index is 2.33. The average molecular weight is 524 g/mol. The fourth-order valence-corrected chi connectivity index (χ4v) is 3.84. The van der Waals surface area contributed by atoms with Gasteiger partial charge >= 0.3 is 6.18 Å². The van der Waals surface area contributed by atoms with Crippen LogP contribution in [0.15, 0.2) is 48.2 Å². The van der Waals surface area contributed by atoms with Gasteiger partial charge in [-0.2, -0.15) is 13.2 Å². The largest absolute Gasteiger partial charge is 0.416 e. The van der Waals surface area contributed by atoms with Crippen LogP contribution in [-0.2, 0) is 30.0 Å². The second-order valence-corrected chi connectivity index (χ2v) is 9.89. The van der Waals surface area contributed by atoms with E-state index in [4.69, 9.17) is 9.97 Å². The lowest BCUT2D eigenvalue weighted by Gasteiger charge is -2.24. The fourth-order valence-electron chi connectivity index (χ4n) is 3.49. The summed E-state index contributed by atoms with van der Waals surface area (Å²) in [5, 5.41) is 3.21. The number of hydrogen-bond donors (Lipinski definition) is 2. The number of aromatic nitrogens is 2. The Bertz CT molecular complexity index is 1080. The van der Waals surface area contributed by atoms with E-state index in [1.54, 1.807) is 6.26 Å². The lowest BCUT2D eigenvalue weighted by Crippen LogP contribution is -2.29. The topological polar surface area (TPSA) is 70.2 Å². The maximum atomic E-state index is 13.0. The molecular weight excluding hydrogens is 487 g/mol. The summed E-state index contributed by atoms with van der Waals surface area (Å²) in [5.74, 6) is 1.36. The fraction of sp³-hybridized carbons (Fsp3) is 0.462. The van der Waals surface area contributed by atoms with Gasteiger partial charge in [-0.1, -0.05) is 32.9 Å². The molecule has 0 fully saturated rings. The summed E-state index contributed by atoms with van der Waals surface area (Å²) in [7, 11) is 0.856. The Hall–Kier alpha value is -2.72. The molecule has 0 bridgehead atoms. The predicted octanol–water partition coefficient (Wildman–Crippen LogP) is 5.74. The number of nitrogens with zero attached hydrogens (tertiary/aromatic N) is 3. The number of likely N-dealkylation sites (N-methyl/N-ethyl adjacent to an activating group) is 1. The average Bonchev–Trinajstić information content (AvgIpc) is 2.81. The number of rotatable bonds is 12. The van der Waals surface area contributed by atoms with Crippen molar-refractivity contribution >= 4 is 22.5 Å². The third-order valence-electron chi connectivity index (χ3n) is 5.57. The van der Waals surface area contributed by atoms with Gasteiger partial charge in [0, 0.05) is 55.7 Å². The second-order valence-electron chi connectivity index (χ2n) is 8.69. The summed E-state index contributed by atoms with van der Waals surface area (Å²) in [6, 6.07) is 4.94. The van der Waals surface area contributed by atoms with E-state index in [9.17, 15) is 17.4 Å². The molecule has 0 saturated carbocycles. The quantitative estimate of drug-likeness (QED) is 0.347. The lowest BCUT2D eigenvalue weighted by molar-refractivity contribution is -0.137. The van der Waals surface area contributed by atoms with Gasteiger partial charge < -0.3 is 10.2 Å². The van der Waals surface area contributed by atoms with Crippen LogP contribution in [0.2, 0.25) is 0 Å². The molecule has 0 spiro atoms. The molecule has 10 heteroatoms. The number of nitrogens with one attached hydrogen (secondary N) is 2. The van der Waals surface area contributed by atoms with Gasteiger partial charge in [0.25, 0.3) is 0 Å². The van der Waals surface area contributed by atoms with E-state index >= 15 is 0 Å². The molecule has 1 atom stereocenters. The van der Waals surface area contributed by atoms with Crippen LogP contribution >= 0.6 is 0 Å². The Morgan fingerprint density at radius 1 is 1.19 bits per heavy atom. The van der Waals surface area contributed by atoms with Crippen LogP contribution in [0.5, 0.6) is 0 Å². The van der Waals surface area contributed by atoms with Crippen LogP contribution in [0.3, 0.4) is 0 Å². The van der Waals surface area contributed by atoms with E-state index in [2.05, 4.69) is 14.9 Å². The van der Waals surface area contributed by atoms with Crippen LogP contribution in [0.1, 0.15) is 56.3 Å². The Labute approximate surface area is 214 Å². The molecule has 6 nitrogen and oxygen atoms in total.